The maximum atomic E-state index is 13.2. The van der Waals surface area contributed by atoms with Gasteiger partial charge in [-0.1, -0.05) is 0 Å². The number of benzene rings is 1. The molecule has 4 heteroatoms. The summed E-state index contributed by atoms with van der Waals surface area (Å²) in [5, 5.41) is 2.74. The number of nitrogens with zero attached hydrogens (tertiary/aromatic N) is 1. The van der Waals surface area contributed by atoms with E-state index in [1.54, 1.807) is 6.07 Å². The summed E-state index contributed by atoms with van der Waals surface area (Å²) in [7, 11) is 0. The number of rotatable bonds is 0. The van der Waals surface area contributed by atoms with Crippen LogP contribution in [0.15, 0.2) is 18.2 Å². The van der Waals surface area contributed by atoms with Crippen LogP contribution in [-0.2, 0) is 4.79 Å². The molecule has 1 N–H and O–H groups in total. The molecule has 0 saturated carbocycles. The zero-order valence-electron chi connectivity index (χ0n) is 10.4. The lowest BCUT2D eigenvalue weighted by Crippen LogP contribution is -2.42. The summed E-state index contributed by atoms with van der Waals surface area (Å²) in [5.74, 6) is -0.400. The number of fused-ring (bicyclic) bond motifs is 1. The van der Waals surface area contributed by atoms with Crippen LogP contribution in [0.5, 0.6) is 0 Å². The summed E-state index contributed by atoms with van der Waals surface area (Å²) in [6.07, 6.45) is 0.424. The van der Waals surface area contributed by atoms with E-state index >= 15 is 0 Å². The average Bonchev–Trinajstić information content (AvgIpc) is 2.34. The first kappa shape index (κ1) is 11.9. The zero-order valence-corrected chi connectivity index (χ0v) is 10.4. The van der Waals surface area contributed by atoms with E-state index in [4.69, 9.17) is 0 Å². The van der Waals surface area contributed by atoms with Crippen LogP contribution in [0.3, 0.4) is 0 Å². The topological polar surface area (TPSA) is 32.3 Å². The van der Waals surface area contributed by atoms with Crippen molar-refractivity contribution in [1.82, 2.24) is 0 Å². The van der Waals surface area contributed by atoms with Crippen LogP contribution in [-0.4, -0.2) is 18.0 Å². The summed E-state index contributed by atoms with van der Waals surface area (Å²) in [5.41, 5.74) is 1.34. The predicted molar refractivity (Wildman–Crippen MR) is 66.7 cm³/mol. The molecule has 0 spiro atoms. The smallest absolute Gasteiger partial charge is 0.226 e. The maximum absolute atomic E-state index is 13.2. The largest absolute Gasteiger partial charge is 0.364 e. The second-order valence-corrected chi connectivity index (χ2v) is 5.28. The van der Waals surface area contributed by atoms with Crippen LogP contribution in [0.4, 0.5) is 15.8 Å². The van der Waals surface area contributed by atoms with Gasteiger partial charge in [0.15, 0.2) is 0 Å². The molecule has 2 rings (SSSR count). The first-order valence-electron chi connectivity index (χ1n) is 5.75. The van der Waals surface area contributed by atoms with Gasteiger partial charge in [-0.05, 0) is 39.0 Å². The van der Waals surface area contributed by atoms with E-state index in [1.807, 2.05) is 0 Å². The lowest BCUT2D eigenvalue weighted by Gasteiger charge is -2.37. The van der Waals surface area contributed by atoms with E-state index in [-0.39, 0.29) is 17.3 Å². The monoisotopic (exact) mass is 236 g/mol. The minimum Gasteiger partial charge on any atom is -0.364 e. The van der Waals surface area contributed by atoms with Crippen molar-refractivity contribution in [2.24, 2.45) is 0 Å². The van der Waals surface area contributed by atoms with E-state index in [2.05, 4.69) is 31.0 Å². The Labute approximate surface area is 101 Å². The normalized spacial score (nSPS) is 16.2. The molecule has 1 amide bonds. The number of carbonyl (C=O) groups is 1. The van der Waals surface area contributed by atoms with Gasteiger partial charge in [0.05, 0.1) is 11.4 Å². The fourth-order valence-corrected chi connectivity index (χ4v) is 2.09. The quantitative estimate of drug-likeness (QED) is 0.751. The number of halogens is 1. The van der Waals surface area contributed by atoms with E-state index in [9.17, 15) is 9.18 Å². The van der Waals surface area contributed by atoms with Gasteiger partial charge in [0, 0.05) is 18.5 Å². The molecule has 0 aliphatic carbocycles. The standard InChI is InChI=1S/C13H17FN2O/c1-13(2,3)16-7-6-12(17)15-10-8-9(14)4-5-11(10)16/h4-5,8H,6-7H2,1-3H3,(H,15,17). The molecular formula is C13H17FN2O. The lowest BCUT2D eigenvalue weighted by molar-refractivity contribution is -0.116. The molecule has 0 atom stereocenters. The molecule has 0 radical (unpaired) electrons. The number of nitrogens with one attached hydrogen (secondary N) is 1. The van der Waals surface area contributed by atoms with Gasteiger partial charge in [-0.15, -0.1) is 0 Å². The summed E-state index contributed by atoms with van der Waals surface area (Å²) >= 11 is 0. The third kappa shape index (κ3) is 2.40. The van der Waals surface area contributed by atoms with Crippen LogP contribution < -0.4 is 10.2 Å². The van der Waals surface area contributed by atoms with Gasteiger partial charge in [-0.2, -0.15) is 0 Å². The molecule has 1 aromatic rings. The zero-order chi connectivity index (χ0) is 12.6. The first-order chi connectivity index (χ1) is 7.88. The second-order valence-electron chi connectivity index (χ2n) is 5.28. The lowest BCUT2D eigenvalue weighted by atomic mass is 10.0. The van der Waals surface area contributed by atoms with E-state index in [1.165, 1.54) is 12.1 Å². The van der Waals surface area contributed by atoms with Crippen molar-refractivity contribution < 1.29 is 9.18 Å². The Morgan fingerprint density at radius 1 is 1.35 bits per heavy atom. The minimum absolute atomic E-state index is 0.0661. The molecule has 0 fully saturated rings. The highest BCUT2D eigenvalue weighted by atomic mass is 19.1. The molecular weight excluding hydrogens is 219 g/mol. The molecule has 3 nitrogen and oxygen atoms in total. The third-order valence-corrected chi connectivity index (χ3v) is 2.90. The summed E-state index contributed by atoms with van der Waals surface area (Å²) in [4.78, 5) is 13.7. The summed E-state index contributed by atoms with van der Waals surface area (Å²) in [6, 6.07) is 4.52. The van der Waals surface area contributed by atoms with E-state index in [0.29, 0.717) is 18.7 Å². The number of hydrogen-bond donors (Lipinski definition) is 1. The van der Waals surface area contributed by atoms with Crippen molar-refractivity contribution in [3.05, 3.63) is 24.0 Å². The Kier molecular flexibility index (Phi) is 2.81. The van der Waals surface area contributed by atoms with Crippen molar-refractivity contribution >= 4 is 17.3 Å². The Bertz CT molecular complexity index is 451. The Morgan fingerprint density at radius 3 is 2.71 bits per heavy atom. The average molecular weight is 236 g/mol. The van der Waals surface area contributed by atoms with E-state index < -0.39 is 0 Å². The van der Waals surface area contributed by atoms with Crippen molar-refractivity contribution in [2.75, 3.05) is 16.8 Å². The van der Waals surface area contributed by atoms with E-state index in [0.717, 1.165) is 5.69 Å². The molecule has 1 aliphatic heterocycles. The van der Waals surface area contributed by atoms with Gasteiger partial charge >= 0.3 is 0 Å². The van der Waals surface area contributed by atoms with Crippen LogP contribution in [0.25, 0.3) is 0 Å². The van der Waals surface area contributed by atoms with Crippen molar-refractivity contribution in [3.8, 4) is 0 Å². The highest BCUT2D eigenvalue weighted by Crippen LogP contribution is 2.33. The number of hydrogen-bond acceptors (Lipinski definition) is 2. The molecule has 1 heterocycles. The molecule has 1 aromatic carbocycles. The van der Waals surface area contributed by atoms with Crippen LogP contribution >= 0.6 is 0 Å². The van der Waals surface area contributed by atoms with Gasteiger partial charge in [0.25, 0.3) is 0 Å². The van der Waals surface area contributed by atoms with Gasteiger partial charge in [0.2, 0.25) is 5.91 Å². The van der Waals surface area contributed by atoms with Crippen molar-refractivity contribution in [2.45, 2.75) is 32.7 Å². The number of anilines is 2. The molecule has 0 saturated heterocycles. The van der Waals surface area contributed by atoms with Gasteiger partial charge in [-0.25, -0.2) is 4.39 Å². The summed E-state index contributed by atoms with van der Waals surface area (Å²) in [6.45, 7) is 6.88. The molecule has 0 bridgehead atoms. The second kappa shape index (κ2) is 4.02. The number of carbonyl (C=O) groups excluding carboxylic acids is 1. The van der Waals surface area contributed by atoms with Gasteiger partial charge in [-0.3, -0.25) is 4.79 Å². The Morgan fingerprint density at radius 2 is 2.06 bits per heavy atom. The molecule has 0 unspecified atom stereocenters. The predicted octanol–water partition coefficient (Wildman–Crippen LogP) is 2.77. The number of amides is 1. The van der Waals surface area contributed by atoms with Crippen molar-refractivity contribution in [3.63, 3.8) is 0 Å². The SMILES string of the molecule is CC(C)(C)N1CCC(=O)Nc2cc(F)ccc21. The minimum atomic E-state index is -0.334. The first-order valence-corrected chi connectivity index (χ1v) is 5.75. The van der Waals surface area contributed by atoms with Crippen LogP contribution in [0.1, 0.15) is 27.2 Å². The maximum Gasteiger partial charge on any atom is 0.226 e. The highest BCUT2D eigenvalue weighted by molar-refractivity contribution is 5.96. The molecule has 1 aliphatic rings. The molecule has 92 valence electrons. The van der Waals surface area contributed by atoms with Crippen LogP contribution in [0, 0.1) is 5.82 Å². The van der Waals surface area contributed by atoms with Crippen LogP contribution in [0.2, 0.25) is 0 Å². The third-order valence-electron chi connectivity index (χ3n) is 2.90. The molecule has 0 aromatic heterocycles. The fourth-order valence-electron chi connectivity index (χ4n) is 2.09. The Balaban J connectivity index is 2.50. The van der Waals surface area contributed by atoms with Gasteiger partial charge in [0.1, 0.15) is 5.82 Å². The fraction of sp³-hybridized carbons (Fsp3) is 0.462. The highest BCUT2D eigenvalue weighted by Gasteiger charge is 2.27. The Hall–Kier alpha value is -1.58. The molecule has 17 heavy (non-hydrogen) atoms. The van der Waals surface area contributed by atoms with Crippen molar-refractivity contribution in [1.29, 1.82) is 0 Å². The summed E-state index contributed by atoms with van der Waals surface area (Å²) < 4.78 is 13.2. The van der Waals surface area contributed by atoms with Gasteiger partial charge < -0.3 is 10.2 Å².